The molecule has 0 saturated carbocycles. The number of rotatable bonds is 3. The van der Waals surface area contributed by atoms with Crippen LogP contribution in [-0.2, 0) is 0 Å². The molecule has 0 spiro atoms. The lowest BCUT2D eigenvalue weighted by molar-refractivity contribution is -0.389. The molecule has 0 radical (unpaired) electrons. The number of carbonyl (C=O) groups is 1. The van der Waals surface area contributed by atoms with Gasteiger partial charge in [0.1, 0.15) is 5.82 Å². The van der Waals surface area contributed by atoms with Crippen LogP contribution < -0.4 is 5.73 Å². The van der Waals surface area contributed by atoms with Crippen LogP contribution in [0.5, 0.6) is 0 Å². The fraction of sp³-hybridized carbons (Fsp3) is 0.167. The van der Waals surface area contributed by atoms with Crippen LogP contribution in [0.4, 0.5) is 17.5 Å². The maximum atomic E-state index is 10.1. The number of nitrogens with zero attached hydrogens (tertiary/aromatic N) is 5. The minimum absolute atomic E-state index is 0.0625. The number of H-pyrrole nitrogens is 3. The number of nitrogen functional groups attached to an aromatic ring is 1. The minimum Gasteiger partial charge on any atom is -0.476 e. The molecule has 3 heterocycles. The highest BCUT2D eigenvalue weighted by molar-refractivity contribution is 5.85. The van der Waals surface area contributed by atoms with Crippen molar-refractivity contribution in [3.63, 3.8) is 0 Å². The smallest absolute Gasteiger partial charge is 0.358 e. The van der Waals surface area contributed by atoms with Gasteiger partial charge in [0.2, 0.25) is 0 Å². The van der Waals surface area contributed by atoms with Crippen molar-refractivity contribution < 1.29 is 19.7 Å². The molecule has 3 rings (SSSR count). The van der Waals surface area contributed by atoms with Crippen molar-refractivity contribution in [1.82, 2.24) is 30.6 Å². The van der Waals surface area contributed by atoms with Crippen LogP contribution >= 0.6 is 0 Å². The van der Waals surface area contributed by atoms with E-state index in [1.807, 2.05) is 12.0 Å². The first-order chi connectivity index (χ1) is 12.6. The third-order valence-corrected chi connectivity index (χ3v) is 2.60. The Kier molecular flexibility index (Phi) is 7.11. The molecule has 0 aromatic carbocycles. The average Bonchev–Trinajstić information content (AvgIpc) is 3.29. The molecule has 0 aliphatic carbocycles. The number of aromatic nitrogens is 6. The quantitative estimate of drug-likeness (QED) is 0.318. The molecule has 15 heteroatoms. The molecule has 6 N–H and O–H groups in total. The van der Waals surface area contributed by atoms with Crippen molar-refractivity contribution in [2.45, 2.75) is 13.8 Å². The number of carboxylic acid groups (broad SMARTS) is 1. The van der Waals surface area contributed by atoms with Gasteiger partial charge in [-0.1, -0.05) is 10.2 Å². The summed E-state index contributed by atoms with van der Waals surface area (Å²) in [6, 6.07) is 4.00. The van der Waals surface area contributed by atoms with Gasteiger partial charge in [-0.25, -0.2) is 4.79 Å². The molecule has 27 heavy (non-hydrogen) atoms. The van der Waals surface area contributed by atoms with E-state index < -0.39 is 21.6 Å². The highest BCUT2D eigenvalue weighted by Crippen LogP contribution is 2.07. The zero-order chi connectivity index (χ0) is 20.6. The lowest BCUT2D eigenvalue weighted by atomic mass is 10.4. The van der Waals surface area contributed by atoms with Gasteiger partial charge in [0.15, 0.2) is 5.69 Å². The van der Waals surface area contributed by atoms with Crippen LogP contribution in [0.2, 0.25) is 0 Å². The molecule has 0 aliphatic heterocycles. The second-order valence-corrected chi connectivity index (χ2v) is 4.83. The summed E-state index contributed by atoms with van der Waals surface area (Å²) in [7, 11) is 0. The summed E-state index contributed by atoms with van der Waals surface area (Å²) in [5.41, 5.74) is 6.50. The first-order valence-corrected chi connectivity index (χ1v) is 6.97. The number of hydrogen-bond acceptors (Lipinski definition) is 9. The highest BCUT2D eigenvalue weighted by atomic mass is 16.6. The molecule has 3 aromatic rings. The fourth-order valence-electron chi connectivity index (χ4n) is 1.46. The predicted molar refractivity (Wildman–Crippen MR) is 89.9 cm³/mol. The third kappa shape index (κ3) is 6.99. The predicted octanol–water partition coefficient (Wildman–Crippen LogP) is 0.943. The Morgan fingerprint density at radius 1 is 1.00 bits per heavy atom. The van der Waals surface area contributed by atoms with Crippen LogP contribution in [-0.4, -0.2) is 51.5 Å². The Labute approximate surface area is 149 Å². The van der Waals surface area contributed by atoms with Crippen LogP contribution in [0, 0.1) is 34.1 Å². The number of aromatic amines is 3. The minimum atomic E-state index is -1.30. The van der Waals surface area contributed by atoms with E-state index in [-0.39, 0.29) is 11.5 Å². The van der Waals surface area contributed by atoms with Crippen molar-refractivity contribution in [3.8, 4) is 0 Å². The number of anilines is 1. The second kappa shape index (κ2) is 9.25. The summed E-state index contributed by atoms with van der Waals surface area (Å²) < 4.78 is 0. The largest absolute Gasteiger partial charge is 0.476 e. The monoisotopic (exact) mass is 381 g/mol. The van der Waals surface area contributed by atoms with Gasteiger partial charge in [-0.2, -0.15) is 5.10 Å². The van der Waals surface area contributed by atoms with Crippen molar-refractivity contribution in [2.24, 2.45) is 0 Å². The topological polar surface area (TPSA) is 236 Å². The summed E-state index contributed by atoms with van der Waals surface area (Å²) >= 11 is 0. The van der Waals surface area contributed by atoms with Gasteiger partial charge in [0.25, 0.3) is 0 Å². The SMILES string of the molecule is Cc1cc(N)n[nH]1.Cc1cc([N+](=O)[O-])[nH]n1.O=C(O)c1cc([N+](=O)[O-])[nH]n1. The Balaban J connectivity index is 0.000000208. The van der Waals surface area contributed by atoms with Crippen LogP contribution in [0.1, 0.15) is 21.9 Å². The number of aromatic carboxylic acids is 1. The normalized spacial score (nSPS) is 9.41. The van der Waals surface area contributed by atoms with Crippen molar-refractivity contribution in [3.05, 3.63) is 55.5 Å². The Hall–Kier alpha value is -4.30. The van der Waals surface area contributed by atoms with Gasteiger partial charge in [0.05, 0.1) is 17.8 Å². The van der Waals surface area contributed by atoms with E-state index in [2.05, 4.69) is 25.5 Å². The molecule has 0 fully saturated rings. The molecular weight excluding hydrogens is 366 g/mol. The van der Waals surface area contributed by atoms with Gasteiger partial charge >= 0.3 is 17.6 Å². The molecule has 3 aromatic heterocycles. The van der Waals surface area contributed by atoms with Crippen LogP contribution in [0.25, 0.3) is 0 Å². The number of nitrogens with two attached hydrogens (primary N) is 1. The maximum Gasteiger partial charge on any atom is 0.358 e. The highest BCUT2D eigenvalue weighted by Gasteiger charge is 2.14. The summed E-state index contributed by atoms with van der Waals surface area (Å²) in [6.45, 7) is 3.59. The lowest BCUT2D eigenvalue weighted by Gasteiger charge is -1.83. The van der Waals surface area contributed by atoms with Gasteiger partial charge in [-0.05, 0) is 23.7 Å². The van der Waals surface area contributed by atoms with E-state index in [1.54, 1.807) is 13.0 Å². The lowest BCUT2D eigenvalue weighted by Crippen LogP contribution is -1.95. The number of nitrogens with one attached hydrogen (secondary N) is 3. The number of aryl methyl sites for hydroxylation is 2. The van der Waals surface area contributed by atoms with Crippen LogP contribution in [0.3, 0.4) is 0 Å². The Morgan fingerprint density at radius 3 is 1.78 bits per heavy atom. The fourth-order valence-corrected chi connectivity index (χ4v) is 1.46. The first kappa shape index (κ1) is 20.7. The summed E-state index contributed by atoms with van der Waals surface area (Å²) in [4.78, 5) is 28.8. The summed E-state index contributed by atoms with van der Waals surface area (Å²) in [6.07, 6.45) is 0. The van der Waals surface area contributed by atoms with E-state index in [0.717, 1.165) is 11.8 Å². The van der Waals surface area contributed by atoms with Gasteiger partial charge in [-0.3, -0.25) is 5.10 Å². The Bertz CT molecular complexity index is 882. The molecule has 144 valence electrons. The van der Waals surface area contributed by atoms with Crippen molar-refractivity contribution in [1.29, 1.82) is 0 Å². The van der Waals surface area contributed by atoms with E-state index >= 15 is 0 Å². The summed E-state index contributed by atoms with van der Waals surface area (Å²) in [5, 5.41) is 45.5. The standard InChI is InChI=1S/C4H3N3O4.C4H5N3O2.C4H7N3/c8-4(9)2-1-3(6-5-2)7(10)11;1-3-2-4(6-5-3)7(8)9;1-3-2-4(5)7-6-3/h1H,(H,5,6)(H,8,9);2H,1H3,(H,5,6);2H,1H3,(H3,5,6,7). The Morgan fingerprint density at radius 2 is 1.56 bits per heavy atom. The van der Waals surface area contributed by atoms with E-state index in [9.17, 15) is 25.0 Å². The summed E-state index contributed by atoms with van der Waals surface area (Å²) in [5.74, 6) is -1.23. The third-order valence-electron chi connectivity index (χ3n) is 2.60. The molecule has 15 nitrogen and oxygen atoms in total. The zero-order valence-corrected chi connectivity index (χ0v) is 14.0. The molecule has 0 amide bonds. The molecule has 0 aliphatic rings. The average molecular weight is 381 g/mol. The van der Waals surface area contributed by atoms with Gasteiger partial charge in [-0.15, -0.1) is 10.2 Å². The van der Waals surface area contributed by atoms with Crippen molar-refractivity contribution in [2.75, 3.05) is 5.73 Å². The van der Waals surface area contributed by atoms with Gasteiger partial charge in [0, 0.05) is 11.8 Å². The van der Waals surface area contributed by atoms with Crippen molar-refractivity contribution >= 4 is 23.4 Å². The molecular formula is C12H15N9O6. The first-order valence-electron chi connectivity index (χ1n) is 6.97. The van der Waals surface area contributed by atoms with E-state index in [0.29, 0.717) is 11.5 Å². The van der Waals surface area contributed by atoms with E-state index in [1.165, 1.54) is 6.07 Å². The molecule has 0 bridgehead atoms. The van der Waals surface area contributed by atoms with Crippen LogP contribution in [0.15, 0.2) is 18.2 Å². The molecule has 0 atom stereocenters. The van der Waals surface area contributed by atoms with Gasteiger partial charge < -0.3 is 31.1 Å². The second-order valence-electron chi connectivity index (χ2n) is 4.83. The number of carboxylic acids is 1. The number of hydrogen-bond donors (Lipinski definition) is 5. The van der Waals surface area contributed by atoms with E-state index in [4.69, 9.17) is 10.8 Å². The molecule has 0 saturated heterocycles. The molecule has 0 unspecified atom stereocenters. The zero-order valence-electron chi connectivity index (χ0n) is 14.0. The number of nitro groups is 2. The maximum absolute atomic E-state index is 10.1.